The van der Waals surface area contributed by atoms with Gasteiger partial charge in [0.1, 0.15) is 6.10 Å². The summed E-state index contributed by atoms with van der Waals surface area (Å²) in [4.78, 5) is 11.0. The number of benzene rings is 1. The molecule has 0 radical (unpaired) electrons. The van der Waals surface area contributed by atoms with Crippen molar-refractivity contribution in [3.63, 3.8) is 0 Å². The fourth-order valence-electron chi connectivity index (χ4n) is 2.82. The topological polar surface area (TPSA) is 64.3 Å². The van der Waals surface area contributed by atoms with Crippen molar-refractivity contribution < 1.29 is 9.26 Å². The Morgan fingerprint density at radius 1 is 1.12 bits per heavy atom. The van der Waals surface area contributed by atoms with Crippen molar-refractivity contribution in [2.45, 2.75) is 12.6 Å². The highest BCUT2D eigenvalue weighted by atomic mass is 16.5. The van der Waals surface area contributed by atoms with Crippen LogP contribution < -0.4 is 0 Å². The molecule has 0 N–H and O–H groups in total. The number of aromatic nitrogens is 3. The molecular formula is C18H18N4O2. The highest BCUT2D eigenvalue weighted by molar-refractivity contribution is 5.53. The fourth-order valence-corrected chi connectivity index (χ4v) is 2.82. The van der Waals surface area contributed by atoms with Crippen molar-refractivity contribution in [1.82, 2.24) is 20.0 Å². The minimum atomic E-state index is -0.194. The molecule has 1 aliphatic rings. The molecule has 1 aliphatic heterocycles. The lowest BCUT2D eigenvalue weighted by Gasteiger charge is -2.30. The van der Waals surface area contributed by atoms with Crippen molar-refractivity contribution in [2.75, 3.05) is 19.7 Å². The summed E-state index contributed by atoms with van der Waals surface area (Å²) in [5.41, 5.74) is 2.13. The number of rotatable bonds is 4. The second-order valence-electron chi connectivity index (χ2n) is 5.78. The Morgan fingerprint density at radius 3 is 2.88 bits per heavy atom. The van der Waals surface area contributed by atoms with E-state index < -0.39 is 0 Å². The molecule has 1 unspecified atom stereocenters. The van der Waals surface area contributed by atoms with E-state index in [1.807, 2.05) is 42.6 Å². The highest BCUT2D eigenvalue weighted by Gasteiger charge is 2.27. The molecule has 3 heterocycles. The van der Waals surface area contributed by atoms with Crippen LogP contribution in [0, 0.1) is 0 Å². The minimum Gasteiger partial charge on any atom is -0.366 e. The number of hydrogen-bond acceptors (Lipinski definition) is 6. The summed E-state index contributed by atoms with van der Waals surface area (Å²) in [5.74, 6) is 1.13. The minimum absolute atomic E-state index is 0.194. The first kappa shape index (κ1) is 15.0. The number of ether oxygens (including phenoxy) is 1. The summed E-state index contributed by atoms with van der Waals surface area (Å²) in [7, 11) is 0. The molecule has 6 nitrogen and oxygen atoms in total. The summed E-state index contributed by atoms with van der Waals surface area (Å²) < 4.78 is 11.3. The number of hydrogen-bond donors (Lipinski definition) is 0. The average Bonchev–Trinajstić information content (AvgIpc) is 3.14. The van der Waals surface area contributed by atoms with Crippen molar-refractivity contribution in [1.29, 1.82) is 0 Å². The maximum atomic E-state index is 5.83. The third-order valence-corrected chi connectivity index (χ3v) is 4.03. The lowest BCUT2D eigenvalue weighted by Crippen LogP contribution is -2.37. The van der Waals surface area contributed by atoms with Crippen LogP contribution in [0.1, 0.15) is 17.6 Å². The van der Waals surface area contributed by atoms with Crippen molar-refractivity contribution in [2.24, 2.45) is 0 Å². The average molecular weight is 322 g/mol. The van der Waals surface area contributed by atoms with Gasteiger partial charge in [-0.1, -0.05) is 41.6 Å². The molecule has 0 saturated carbocycles. The molecule has 1 aromatic carbocycles. The Labute approximate surface area is 140 Å². The molecular weight excluding hydrogens is 304 g/mol. The predicted octanol–water partition coefficient (Wildman–Crippen LogP) is 2.71. The van der Waals surface area contributed by atoms with Gasteiger partial charge in [0.15, 0.2) is 0 Å². The van der Waals surface area contributed by atoms with Gasteiger partial charge in [0.25, 0.3) is 5.89 Å². The van der Waals surface area contributed by atoms with Gasteiger partial charge in [-0.15, -0.1) is 0 Å². The van der Waals surface area contributed by atoms with Crippen molar-refractivity contribution >= 4 is 0 Å². The molecule has 1 atom stereocenters. The van der Waals surface area contributed by atoms with Crippen LogP contribution in [0.25, 0.3) is 11.4 Å². The summed E-state index contributed by atoms with van der Waals surface area (Å²) in [6.07, 6.45) is 3.49. The van der Waals surface area contributed by atoms with E-state index >= 15 is 0 Å². The second kappa shape index (κ2) is 6.90. The van der Waals surface area contributed by atoms with Gasteiger partial charge in [-0.2, -0.15) is 4.98 Å². The molecule has 6 heteroatoms. The van der Waals surface area contributed by atoms with Crippen molar-refractivity contribution in [3.8, 4) is 11.4 Å². The maximum absolute atomic E-state index is 5.83. The van der Waals surface area contributed by atoms with E-state index in [-0.39, 0.29) is 6.10 Å². The molecule has 1 fully saturated rings. The summed E-state index contributed by atoms with van der Waals surface area (Å²) in [6, 6.07) is 13.8. The van der Waals surface area contributed by atoms with Crippen LogP contribution in [0.4, 0.5) is 0 Å². The lowest BCUT2D eigenvalue weighted by atomic mass is 10.2. The third kappa shape index (κ3) is 3.34. The van der Waals surface area contributed by atoms with Crippen LogP contribution in [-0.2, 0) is 11.3 Å². The van der Waals surface area contributed by atoms with E-state index in [4.69, 9.17) is 9.26 Å². The quantitative estimate of drug-likeness (QED) is 0.736. The van der Waals surface area contributed by atoms with E-state index in [0.29, 0.717) is 18.3 Å². The van der Waals surface area contributed by atoms with Gasteiger partial charge >= 0.3 is 0 Å². The molecule has 122 valence electrons. The highest BCUT2D eigenvalue weighted by Crippen LogP contribution is 2.24. The molecule has 4 rings (SSSR count). The Bertz CT molecular complexity index is 776. The van der Waals surface area contributed by atoms with Gasteiger partial charge in [-0.25, -0.2) is 0 Å². The number of nitrogens with zero attached hydrogens (tertiary/aromatic N) is 4. The van der Waals surface area contributed by atoms with E-state index in [2.05, 4.69) is 26.1 Å². The van der Waals surface area contributed by atoms with E-state index in [1.165, 1.54) is 5.56 Å². The number of morpholine rings is 1. The van der Waals surface area contributed by atoms with Gasteiger partial charge in [-0.05, 0) is 11.6 Å². The molecule has 0 amide bonds. The zero-order valence-corrected chi connectivity index (χ0v) is 13.2. The molecule has 24 heavy (non-hydrogen) atoms. The zero-order chi connectivity index (χ0) is 16.2. The normalized spacial score (nSPS) is 18.6. The van der Waals surface area contributed by atoms with Gasteiger partial charge in [-0.3, -0.25) is 9.88 Å². The van der Waals surface area contributed by atoms with Gasteiger partial charge in [0.2, 0.25) is 5.82 Å². The Kier molecular flexibility index (Phi) is 4.31. The largest absolute Gasteiger partial charge is 0.366 e. The predicted molar refractivity (Wildman–Crippen MR) is 87.9 cm³/mol. The lowest BCUT2D eigenvalue weighted by molar-refractivity contribution is -0.0475. The SMILES string of the molecule is c1ccc(-c2noc(C3CN(Cc4cccnc4)CCO3)n2)cc1. The first-order chi connectivity index (χ1) is 11.9. The van der Waals surface area contributed by atoms with Crippen molar-refractivity contribution in [3.05, 3.63) is 66.3 Å². The fraction of sp³-hybridized carbons (Fsp3) is 0.278. The molecule has 0 aliphatic carbocycles. The van der Waals surface area contributed by atoms with Gasteiger partial charge in [0.05, 0.1) is 6.61 Å². The van der Waals surface area contributed by atoms with Crippen LogP contribution in [0.2, 0.25) is 0 Å². The zero-order valence-electron chi connectivity index (χ0n) is 13.2. The summed E-state index contributed by atoms with van der Waals surface area (Å²) in [5, 5.41) is 4.08. The first-order valence-electron chi connectivity index (χ1n) is 8.00. The molecule has 1 saturated heterocycles. The third-order valence-electron chi connectivity index (χ3n) is 4.03. The Balaban J connectivity index is 1.45. The van der Waals surface area contributed by atoms with Crippen LogP contribution in [-0.4, -0.2) is 39.7 Å². The monoisotopic (exact) mass is 322 g/mol. The smallest absolute Gasteiger partial charge is 0.257 e. The van der Waals surface area contributed by atoms with Crippen LogP contribution in [0.15, 0.2) is 59.4 Å². The molecule has 0 bridgehead atoms. The van der Waals surface area contributed by atoms with Crippen LogP contribution in [0.5, 0.6) is 0 Å². The number of pyridine rings is 1. The Hall–Kier alpha value is -2.57. The summed E-state index contributed by atoms with van der Waals surface area (Å²) in [6.45, 7) is 3.09. The first-order valence-corrected chi connectivity index (χ1v) is 8.00. The summed E-state index contributed by atoms with van der Waals surface area (Å²) >= 11 is 0. The molecule has 0 spiro atoms. The van der Waals surface area contributed by atoms with Crippen LogP contribution in [0.3, 0.4) is 0 Å². The maximum Gasteiger partial charge on any atom is 0.257 e. The second-order valence-corrected chi connectivity index (χ2v) is 5.78. The van der Waals surface area contributed by atoms with Gasteiger partial charge < -0.3 is 9.26 Å². The molecule has 3 aromatic rings. The Morgan fingerprint density at radius 2 is 2.04 bits per heavy atom. The van der Waals surface area contributed by atoms with E-state index in [9.17, 15) is 0 Å². The van der Waals surface area contributed by atoms with Crippen LogP contribution >= 0.6 is 0 Å². The van der Waals surface area contributed by atoms with Gasteiger partial charge in [0, 0.05) is 37.6 Å². The van der Waals surface area contributed by atoms with E-state index in [1.54, 1.807) is 6.20 Å². The van der Waals surface area contributed by atoms with E-state index in [0.717, 1.165) is 25.2 Å². The standard InChI is InChI=1S/C18H18N4O2/c1-2-6-15(7-3-1)17-20-18(24-21-17)16-13-22(9-10-23-16)12-14-5-4-8-19-11-14/h1-8,11,16H,9-10,12-13H2. The molecule has 2 aromatic heterocycles.